The van der Waals surface area contributed by atoms with Crippen molar-refractivity contribution in [2.75, 3.05) is 12.8 Å². The molecule has 0 amide bonds. The first-order valence-corrected chi connectivity index (χ1v) is 10.9. The zero-order valence-corrected chi connectivity index (χ0v) is 20.7. The molecule has 186 valence electrons. The number of aryl methyl sites for hydroxylation is 1. The van der Waals surface area contributed by atoms with E-state index in [0.29, 0.717) is 11.6 Å². The molecule has 0 spiro atoms. The lowest BCUT2D eigenvalue weighted by Crippen LogP contribution is -2.10. The summed E-state index contributed by atoms with van der Waals surface area (Å²) in [5, 5.41) is 0. The van der Waals surface area contributed by atoms with Crippen molar-refractivity contribution in [3.05, 3.63) is 93.6 Å². The minimum atomic E-state index is -4.64. The second-order valence-corrected chi connectivity index (χ2v) is 8.22. The third kappa shape index (κ3) is 7.64. The van der Waals surface area contributed by atoms with Crippen LogP contribution in [0.1, 0.15) is 41.7 Å². The number of esters is 1. The molecule has 0 saturated heterocycles. The summed E-state index contributed by atoms with van der Waals surface area (Å²) >= 11 is 0. The molecule has 0 heterocycles. The van der Waals surface area contributed by atoms with E-state index in [-0.39, 0.29) is 5.75 Å². The fourth-order valence-electron chi connectivity index (χ4n) is 3.38. The largest absolute Gasteiger partial charge is 0.496 e. The van der Waals surface area contributed by atoms with Gasteiger partial charge in [-0.25, -0.2) is 4.79 Å². The molecule has 2 aromatic carbocycles. The molecule has 35 heavy (non-hydrogen) atoms. The van der Waals surface area contributed by atoms with Crippen LogP contribution in [0, 0.1) is 20.8 Å². The van der Waals surface area contributed by atoms with Gasteiger partial charge in [-0.3, -0.25) is 0 Å². The Hall–Kier alpha value is -3.74. The summed E-state index contributed by atoms with van der Waals surface area (Å²) in [7, 11) is 1.66. The summed E-state index contributed by atoms with van der Waals surface area (Å²) in [6.07, 6.45) is 5.99. The van der Waals surface area contributed by atoms with Crippen LogP contribution in [-0.4, -0.2) is 13.1 Å². The van der Waals surface area contributed by atoms with E-state index in [1.54, 1.807) is 26.2 Å². The smallest absolute Gasteiger partial charge is 0.418 e. The van der Waals surface area contributed by atoms with Crippen molar-refractivity contribution in [2.45, 2.75) is 40.8 Å². The highest BCUT2D eigenvalue weighted by Crippen LogP contribution is 2.35. The van der Waals surface area contributed by atoms with E-state index >= 15 is 0 Å². The maximum absolute atomic E-state index is 13.0. The van der Waals surface area contributed by atoms with Gasteiger partial charge in [0.1, 0.15) is 11.5 Å². The Morgan fingerprint density at radius 3 is 2.31 bits per heavy atom. The fraction of sp³-hybridized carbons (Fsp3) is 0.250. The fourth-order valence-corrected chi connectivity index (χ4v) is 3.38. The molecule has 0 atom stereocenters. The number of allylic oxidation sites excluding steroid dienone is 6. The third-order valence-corrected chi connectivity index (χ3v) is 5.45. The van der Waals surface area contributed by atoms with Gasteiger partial charge in [0.05, 0.1) is 12.7 Å². The Bertz CT molecular complexity index is 1220. The van der Waals surface area contributed by atoms with E-state index in [4.69, 9.17) is 15.2 Å². The molecule has 0 fully saturated rings. The lowest BCUT2D eigenvalue weighted by molar-refractivity contribution is -0.137. The van der Waals surface area contributed by atoms with E-state index in [1.165, 1.54) is 12.1 Å². The second-order valence-electron chi connectivity index (χ2n) is 8.22. The van der Waals surface area contributed by atoms with Crippen molar-refractivity contribution in [2.24, 2.45) is 0 Å². The van der Waals surface area contributed by atoms with E-state index < -0.39 is 23.4 Å². The monoisotopic (exact) mass is 485 g/mol. The van der Waals surface area contributed by atoms with Crippen molar-refractivity contribution < 1.29 is 27.4 Å². The number of methoxy groups -OCH3 is 1. The van der Waals surface area contributed by atoms with E-state index in [9.17, 15) is 18.0 Å². The third-order valence-electron chi connectivity index (χ3n) is 5.45. The number of rotatable bonds is 7. The average Bonchev–Trinajstić information content (AvgIpc) is 2.76. The molecule has 0 bridgehead atoms. The Balaban J connectivity index is 2.07. The summed E-state index contributed by atoms with van der Waals surface area (Å²) in [6.45, 7) is 9.77. The van der Waals surface area contributed by atoms with E-state index in [0.717, 1.165) is 39.6 Å². The molecule has 0 unspecified atom stereocenters. The number of carbonyl (C=O) groups excluding carboxylic acids is 1. The molecule has 0 aromatic heterocycles. The standard InChI is InChI=1S/C28H30F3NO3/c1-17(10-12-23-19(3)15-26(34-6)21(5)20(23)4)8-7-9-18(2)14-27(33)35-22-11-13-25(32)24(16-22)28(29,30)31/h7-16H,32H2,1-6H3. The van der Waals surface area contributed by atoms with Crippen LogP contribution < -0.4 is 15.2 Å². The predicted octanol–water partition coefficient (Wildman–Crippen LogP) is 7.29. The molecule has 0 radical (unpaired) electrons. The number of benzene rings is 2. The maximum atomic E-state index is 13.0. The minimum Gasteiger partial charge on any atom is -0.496 e. The summed E-state index contributed by atoms with van der Waals surface area (Å²) < 4.78 is 49.3. The van der Waals surface area contributed by atoms with Crippen LogP contribution in [0.4, 0.5) is 18.9 Å². The average molecular weight is 486 g/mol. The summed E-state index contributed by atoms with van der Waals surface area (Å²) in [6, 6.07) is 4.99. The zero-order chi connectivity index (χ0) is 26.3. The molecule has 0 aliphatic heterocycles. The Morgan fingerprint density at radius 2 is 1.69 bits per heavy atom. The van der Waals surface area contributed by atoms with Crippen LogP contribution in [0.2, 0.25) is 0 Å². The predicted molar refractivity (Wildman–Crippen MR) is 134 cm³/mol. The molecular formula is C28H30F3NO3. The highest BCUT2D eigenvalue weighted by Gasteiger charge is 2.33. The van der Waals surface area contributed by atoms with Crippen molar-refractivity contribution >= 4 is 17.7 Å². The number of alkyl halides is 3. The van der Waals surface area contributed by atoms with Gasteiger partial charge < -0.3 is 15.2 Å². The van der Waals surface area contributed by atoms with Crippen LogP contribution in [0.25, 0.3) is 6.08 Å². The quantitative estimate of drug-likeness (QED) is 0.147. The van der Waals surface area contributed by atoms with Crippen LogP contribution >= 0.6 is 0 Å². The molecular weight excluding hydrogens is 455 g/mol. The van der Waals surface area contributed by atoms with Crippen molar-refractivity contribution in [3.8, 4) is 11.5 Å². The maximum Gasteiger partial charge on any atom is 0.418 e. The second kappa shape index (κ2) is 11.6. The highest BCUT2D eigenvalue weighted by atomic mass is 19.4. The van der Waals surface area contributed by atoms with Crippen molar-refractivity contribution in [3.63, 3.8) is 0 Å². The Morgan fingerprint density at radius 1 is 1.00 bits per heavy atom. The van der Waals surface area contributed by atoms with Crippen molar-refractivity contribution in [1.82, 2.24) is 0 Å². The molecule has 0 aliphatic rings. The Labute approximate surface area is 204 Å². The van der Waals surface area contributed by atoms with Crippen LogP contribution in [0.5, 0.6) is 11.5 Å². The van der Waals surface area contributed by atoms with E-state index in [1.807, 2.05) is 39.0 Å². The van der Waals surface area contributed by atoms with Gasteiger partial charge in [-0.05, 0) is 86.7 Å². The topological polar surface area (TPSA) is 61.5 Å². The van der Waals surface area contributed by atoms with Gasteiger partial charge in [-0.2, -0.15) is 13.2 Å². The highest BCUT2D eigenvalue weighted by molar-refractivity contribution is 5.85. The molecule has 2 rings (SSSR count). The SMILES string of the molecule is COc1cc(C)c(C=CC(C)=CC=CC(C)=CC(=O)Oc2ccc(N)c(C(F)(F)F)c2)c(C)c1C. The first kappa shape index (κ1) is 27.5. The first-order valence-electron chi connectivity index (χ1n) is 10.9. The van der Waals surface area contributed by atoms with Gasteiger partial charge in [0.15, 0.2) is 0 Å². The number of hydrogen-bond acceptors (Lipinski definition) is 4. The lowest BCUT2D eigenvalue weighted by Gasteiger charge is -2.13. The molecule has 4 nitrogen and oxygen atoms in total. The summed E-state index contributed by atoms with van der Waals surface area (Å²) in [4.78, 5) is 12.1. The number of ether oxygens (including phenoxy) is 2. The van der Waals surface area contributed by atoms with E-state index in [2.05, 4.69) is 13.0 Å². The first-order chi connectivity index (χ1) is 16.3. The van der Waals surface area contributed by atoms with Gasteiger partial charge in [0.25, 0.3) is 0 Å². The summed E-state index contributed by atoms with van der Waals surface area (Å²) in [5.74, 6) is -0.151. The molecule has 0 aliphatic carbocycles. The number of halogens is 3. The van der Waals surface area contributed by atoms with Crippen LogP contribution in [0.15, 0.2) is 65.8 Å². The van der Waals surface area contributed by atoms with Crippen molar-refractivity contribution in [1.29, 1.82) is 0 Å². The number of carbonyl (C=O) groups is 1. The number of anilines is 1. The number of nitrogen functional groups attached to an aromatic ring is 1. The van der Waals surface area contributed by atoms with Gasteiger partial charge >= 0.3 is 12.1 Å². The number of hydrogen-bond donors (Lipinski definition) is 1. The van der Waals surface area contributed by atoms with Gasteiger partial charge in [0, 0.05) is 11.8 Å². The molecule has 2 N–H and O–H groups in total. The van der Waals surface area contributed by atoms with Crippen LogP contribution in [-0.2, 0) is 11.0 Å². The Kier molecular flexibility index (Phi) is 9.12. The number of nitrogens with two attached hydrogens (primary N) is 1. The molecule has 7 heteroatoms. The summed E-state index contributed by atoms with van der Waals surface area (Å²) in [5.41, 5.74) is 9.94. The minimum absolute atomic E-state index is 0.232. The lowest BCUT2D eigenvalue weighted by atomic mass is 9.96. The molecule has 0 saturated carbocycles. The zero-order valence-electron chi connectivity index (χ0n) is 20.7. The van der Waals surface area contributed by atoms with Gasteiger partial charge in [-0.15, -0.1) is 0 Å². The normalized spacial score (nSPS) is 13.1. The van der Waals surface area contributed by atoms with Gasteiger partial charge in [0.2, 0.25) is 0 Å². The van der Waals surface area contributed by atoms with Gasteiger partial charge in [-0.1, -0.05) is 36.0 Å². The van der Waals surface area contributed by atoms with Crippen LogP contribution in [0.3, 0.4) is 0 Å². The molecule has 2 aromatic rings.